The number of nitrogens with zero attached hydrogens (tertiary/aromatic N) is 2. The molecule has 0 radical (unpaired) electrons. The number of imide groups is 1. The van der Waals surface area contributed by atoms with Gasteiger partial charge in [0.15, 0.2) is 0 Å². The lowest BCUT2D eigenvalue weighted by atomic mass is 10.1. The highest BCUT2D eigenvalue weighted by Gasteiger charge is 2.38. The van der Waals surface area contributed by atoms with Gasteiger partial charge < -0.3 is 5.73 Å². The van der Waals surface area contributed by atoms with E-state index in [1.807, 2.05) is 0 Å². The Balaban J connectivity index is 1.70. The van der Waals surface area contributed by atoms with Crippen molar-refractivity contribution in [3.63, 3.8) is 0 Å². The molecule has 0 atom stereocenters. The number of hydrogen-bond donors (Lipinski definition) is 1. The van der Waals surface area contributed by atoms with Gasteiger partial charge in [-0.25, -0.2) is 8.42 Å². The van der Waals surface area contributed by atoms with Crippen LogP contribution in [0.2, 0.25) is 0 Å². The molecule has 7 nitrogen and oxygen atoms in total. The quantitative estimate of drug-likeness (QED) is 0.738. The number of nitrogens with two attached hydrogens (primary N) is 1. The van der Waals surface area contributed by atoms with Crippen molar-refractivity contribution >= 4 is 21.8 Å². The summed E-state index contributed by atoms with van der Waals surface area (Å²) in [6, 6.07) is 6.35. The van der Waals surface area contributed by atoms with E-state index in [1.165, 1.54) is 4.31 Å². The van der Waals surface area contributed by atoms with Crippen molar-refractivity contribution in [3.8, 4) is 0 Å². The minimum Gasteiger partial charge on any atom is -0.325 e. The summed E-state index contributed by atoms with van der Waals surface area (Å²) in [5.41, 5.74) is 6.21. The topological polar surface area (TPSA) is 101 Å². The van der Waals surface area contributed by atoms with Crippen LogP contribution >= 0.6 is 0 Å². The van der Waals surface area contributed by atoms with Crippen LogP contribution in [0, 0.1) is 0 Å². The molecule has 0 aromatic heterocycles. The number of amides is 2. The molecule has 1 saturated heterocycles. The SMILES string of the molecule is NC1CN(S(=O)(=O)CCN2C(=O)c3ccccc3C2=O)C1. The van der Waals surface area contributed by atoms with Gasteiger partial charge in [-0.1, -0.05) is 12.1 Å². The molecular formula is C13H15N3O4S. The molecule has 0 saturated carbocycles. The Morgan fingerprint density at radius 3 is 2.10 bits per heavy atom. The number of hydrogen-bond acceptors (Lipinski definition) is 5. The van der Waals surface area contributed by atoms with Crippen molar-refractivity contribution in [1.82, 2.24) is 9.21 Å². The minimum absolute atomic E-state index is 0.126. The fourth-order valence-electron chi connectivity index (χ4n) is 2.47. The summed E-state index contributed by atoms with van der Waals surface area (Å²) >= 11 is 0. The number of fused-ring (bicyclic) bond motifs is 1. The van der Waals surface area contributed by atoms with Crippen molar-refractivity contribution in [3.05, 3.63) is 35.4 Å². The molecule has 0 aliphatic carbocycles. The van der Waals surface area contributed by atoms with Crippen LogP contribution in [0.15, 0.2) is 24.3 Å². The highest BCUT2D eigenvalue weighted by molar-refractivity contribution is 7.89. The molecule has 21 heavy (non-hydrogen) atoms. The first-order chi connectivity index (χ1) is 9.90. The largest absolute Gasteiger partial charge is 0.325 e. The van der Waals surface area contributed by atoms with Crippen molar-refractivity contribution in [2.24, 2.45) is 5.73 Å². The van der Waals surface area contributed by atoms with Crippen molar-refractivity contribution in [2.75, 3.05) is 25.4 Å². The second-order valence-corrected chi connectivity index (χ2v) is 7.29. The molecule has 2 aliphatic heterocycles. The molecule has 1 fully saturated rings. The van der Waals surface area contributed by atoms with Crippen LogP contribution in [0.4, 0.5) is 0 Å². The molecule has 1 aromatic rings. The summed E-state index contributed by atoms with van der Waals surface area (Å²) in [5.74, 6) is -1.15. The Bertz CT molecular complexity index is 675. The lowest BCUT2D eigenvalue weighted by Crippen LogP contribution is -2.58. The van der Waals surface area contributed by atoms with Crippen LogP contribution in [0.25, 0.3) is 0 Å². The van der Waals surface area contributed by atoms with E-state index in [0.29, 0.717) is 24.2 Å². The third kappa shape index (κ3) is 2.35. The maximum absolute atomic E-state index is 12.1. The summed E-state index contributed by atoms with van der Waals surface area (Å²) in [6.07, 6.45) is 0. The lowest BCUT2D eigenvalue weighted by molar-refractivity contribution is 0.0663. The summed E-state index contributed by atoms with van der Waals surface area (Å²) in [5, 5.41) is 0. The molecule has 2 N–H and O–H groups in total. The van der Waals surface area contributed by atoms with E-state index >= 15 is 0 Å². The zero-order valence-corrected chi connectivity index (χ0v) is 12.0. The van der Waals surface area contributed by atoms with Crippen molar-refractivity contribution < 1.29 is 18.0 Å². The van der Waals surface area contributed by atoms with E-state index in [4.69, 9.17) is 5.73 Å². The van der Waals surface area contributed by atoms with Gasteiger partial charge in [0.2, 0.25) is 10.0 Å². The molecular weight excluding hydrogens is 294 g/mol. The monoisotopic (exact) mass is 309 g/mol. The summed E-state index contributed by atoms with van der Waals surface area (Å²) in [7, 11) is -3.47. The number of benzene rings is 1. The highest BCUT2D eigenvalue weighted by atomic mass is 32.2. The highest BCUT2D eigenvalue weighted by Crippen LogP contribution is 2.22. The van der Waals surface area contributed by atoms with E-state index in [0.717, 1.165) is 4.90 Å². The van der Waals surface area contributed by atoms with Gasteiger partial charge in [-0.05, 0) is 12.1 Å². The summed E-state index contributed by atoms with van der Waals surface area (Å²) in [4.78, 5) is 25.2. The standard InChI is InChI=1S/C13H15N3O4S/c14-9-7-15(8-9)21(19,20)6-5-16-12(17)10-3-1-2-4-11(10)13(16)18/h1-4,9H,5-8,14H2. The second-order valence-electron chi connectivity index (χ2n) is 5.20. The normalized spacial score (nSPS) is 19.8. The molecule has 1 aromatic carbocycles. The smallest absolute Gasteiger partial charge is 0.261 e. The first-order valence-corrected chi connectivity index (χ1v) is 8.20. The van der Waals surface area contributed by atoms with Gasteiger partial charge in [-0.2, -0.15) is 4.31 Å². The van der Waals surface area contributed by atoms with Gasteiger partial charge in [0.1, 0.15) is 0 Å². The Kier molecular flexibility index (Phi) is 3.31. The van der Waals surface area contributed by atoms with Gasteiger partial charge >= 0.3 is 0 Å². The first-order valence-electron chi connectivity index (χ1n) is 6.59. The van der Waals surface area contributed by atoms with Crippen molar-refractivity contribution in [1.29, 1.82) is 0 Å². The molecule has 2 heterocycles. The average molecular weight is 309 g/mol. The molecule has 0 unspecified atom stereocenters. The molecule has 0 spiro atoms. The Morgan fingerprint density at radius 2 is 1.62 bits per heavy atom. The maximum atomic E-state index is 12.1. The Labute approximate surface area is 122 Å². The number of rotatable bonds is 4. The van der Waals surface area contributed by atoms with E-state index < -0.39 is 21.8 Å². The minimum atomic E-state index is -3.47. The number of sulfonamides is 1. The van der Waals surface area contributed by atoms with Crippen LogP contribution in [0.3, 0.4) is 0 Å². The number of carbonyl (C=O) groups is 2. The number of carbonyl (C=O) groups excluding carboxylic acids is 2. The summed E-state index contributed by atoms with van der Waals surface area (Å²) < 4.78 is 25.3. The zero-order chi connectivity index (χ0) is 15.2. The lowest BCUT2D eigenvalue weighted by Gasteiger charge is -2.35. The summed E-state index contributed by atoms with van der Waals surface area (Å²) in [6.45, 7) is 0.454. The fraction of sp³-hybridized carbons (Fsp3) is 0.385. The predicted molar refractivity (Wildman–Crippen MR) is 75.1 cm³/mol. The van der Waals surface area contributed by atoms with Crippen LogP contribution in [-0.2, 0) is 10.0 Å². The van der Waals surface area contributed by atoms with Crippen molar-refractivity contribution in [2.45, 2.75) is 6.04 Å². The zero-order valence-electron chi connectivity index (χ0n) is 11.2. The van der Waals surface area contributed by atoms with Gasteiger partial charge in [0.25, 0.3) is 11.8 Å². The fourth-order valence-corrected chi connectivity index (χ4v) is 3.98. The van der Waals surface area contributed by atoms with E-state index in [-0.39, 0.29) is 18.3 Å². The van der Waals surface area contributed by atoms with Crippen LogP contribution in [0.1, 0.15) is 20.7 Å². The first kappa shape index (κ1) is 14.2. The molecule has 0 bridgehead atoms. The molecule has 112 valence electrons. The molecule has 3 rings (SSSR count). The molecule has 2 amide bonds. The maximum Gasteiger partial charge on any atom is 0.261 e. The third-order valence-corrected chi connectivity index (χ3v) is 5.50. The molecule has 2 aliphatic rings. The van der Waals surface area contributed by atoms with Crippen LogP contribution < -0.4 is 5.73 Å². The Morgan fingerprint density at radius 1 is 1.10 bits per heavy atom. The van der Waals surface area contributed by atoms with E-state index in [1.54, 1.807) is 24.3 Å². The van der Waals surface area contributed by atoms with E-state index in [2.05, 4.69) is 0 Å². The van der Waals surface area contributed by atoms with E-state index in [9.17, 15) is 18.0 Å². The molecule has 8 heteroatoms. The van der Waals surface area contributed by atoms with Crippen LogP contribution in [0.5, 0.6) is 0 Å². The average Bonchev–Trinajstić information content (AvgIpc) is 2.66. The Hall–Kier alpha value is -1.77. The van der Waals surface area contributed by atoms with Gasteiger partial charge in [0.05, 0.1) is 16.9 Å². The third-order valence-electron chi connectivity index (χ3n) is 3.72. The van der Waals surface area contributed by atoms with Crippen LogP contribution in [-0.4, -0.2) is 60.9 Å². The van der Waals surface area contributed by atoms with Gasteiger partial charge in [-0.15, -0.1) is 0 Å². The predicted octanol–water partition coefficient (Wildman–Crippen LogP) is -0.745. The van der Waals surface area contributed by atoms with Gasteiger partial charge in [-0.3, -0.25) is 14.5 Å². The van der Waals surface area contributed by atoms with Gasteiger partial charge in [0, 0.05) is 25.7 Å². The second kappa shape index (κ2) is 4.90.